The lowest BCUT2D eigenvalue weighted by atomic mass is 10.1. The Morgan fingerprint density at radius 2 is 2.54 bits per heavy atom. The van der Waals surface area contributed by atoms with Crippen LogP contribution >= 0.6 is 15.9 Å². The lowest BCUT2D eigenvalue weighted by Crippen LogP contribution is -2.46. The van der Waals surface area contributed by atoms with E-state index >= 15 is 0 Å². The van der Waals surface area contributed by atoms with Crippen molar-refractivity contribution in [3.8, 4) is 5.75 Å². The summed E-state index contributed by atoms with van der Waals surface area (Å²) >= 11 is 3.40. The van der Waals surface area contributed by atoms with Crippen molar-refractivity contribution < 1.29 is 4.74 Å². The Bertz CT molecular complexity index is 289. The van der Waals surface area contributed by atoms with E-state index in [1.165, 1.54) is 6.42 Å². The molecule has 0 bridgehead atoms. The van der Waals surface area contributed by atoms with Crippen LogP contribution in [0.15, 0.2) is 22.9 Å². The molecule has 1 saturated heterocycles. The van der Waals surface area contributed by atoms with Crippen LogP contribution in [0.4, 0.5) is 0 Å². The predicted octanol–water partition coefficient (Wildman–Crippen LogP) is 1.58. The van der Waals surface area contributed by atoms with E-state index in [0.29, 0.717) is 6.04 Å². The third-order valence-electron chi connectivity index (χ3n) is 2.10. The largest absolute Gasteiger partial charge is 0.489 e. The van der Waals surface area contributed by atoms with Crippen molar-refractivity contribution in [2.75, 3.05) is 13.2 Å². The van der Waals surface area contributed by atoms with Crippen LogP contribution in [-0.4, -0.2) is 24.2 Å². The molecule has 0 radical (unpaired) electrons. The molecule has 1 aliphatic rings. The molecule has 1 fully saturated rings. The van der Waals surface area contributed by atoms with E-state index in [1.807, 2.05) is 6.07 Å². The van der Waals surface area contributed by atoms with Gasteiger partial charge in [0.2, 0.25) is 0 Å². The molecule has 3 nitrogen and oxygen atoms in total. The maximum atomic E-state index is 5.57. The molecule has 1 aliphatic heterocycles. The molecule has 4 heteroatoms. The Morgan fingerprint density at radius 3 is 3.15 bits per heavy atom. The van der Waals surface area contributed by atoms with Gasteiger partial charge in [-0.3, -0.25) is 4.98 Å². The standard InChI is InChI=1S/C9H11BrN2O/c10-8-2-3-11-5-9(8)13-6-7-1-4-12-7/h2-3,5,7,12H,1,4,6H2/t7-/m0/s1. The van der Waals surface area contributed by atoms with Crippen LogP contribution in [-0.2, 0) is 0 Å². The van der Waals surface area contributed by atoms with Gasteiger partial charge < -0.3 is 10.1 Å². The highest BCUT2D eigenvalue weighted by molar-refractivity contribution is 9.10. The third-order valence-corrected chi connectivity index (χ3v) is 2.76. The Morgan fingerprint density at radius 1 is 1.69 bits per heavy atom. The highest BCUT2D eigenvalue weighted by atomic mass is 79.9. The van der Waals surface area contributed by atoms with Crippen LogP contribution in [0.2, 0.25) is 0 Å². The summed E-state index contributed by atoms with van der Waals surface area (Å²) in [6, 6.07) is 2.40. The van der Waals surface area contributed by atoms with Gasteiger partial charge in [0.25, 0.3) is 0 Å². The first kappa shape index (κ1) is 8.97. The van der Waals surface area contributed by atoms with E-state index in [1.54, 1.807) is 12.4 Å². The Hall–Kier alpha value is -0.610. The van der Waals surface area contributed by atoms with E-state index in [-0.39, 0.29) is 0 Å². The molecule has 70 valence electrons. The molecular formula is C9H11BrN2O. The average Bonchev–Trinajstić information content (AvgIpc) is 2.05. The van der Waals surface area contributed by atoms with Crippen molar-refractivity contribution in [3.05, 3.63) is 22.9 Å². The van der Waals surface area contributed by atoms with Crippen LogP contribution in [0, 0.1) is 0 Å². The SMILES string of the molecule is Brc1ccncc1OC[C@@H]1CCN1. The molecule has 1 atom stereocenters. The number of nitrogens with zero attached hydrogens (tertiary/aromatic N) is 1. The van der Waals surface area contributed by atoms with E-state index in [9.17, 15) is 0 Å². The van der Waals surface area contributed by atoms with E-state index in [2.05, 4.69) is 26.2 Å². The molecule has 2 rings (SSSR count). The maximum Gasteiger partial charge on any atom is 0.151 e. The van der Waals surface area contributed by atoms with Gasteiger partial charge in [-0.25, -0.2) is 0 Å². The molecule has 0 aliphatic carbocycles. The number of halogens is 1. The van der Waals surface area contributed by atoms with Crippen molar-refractivity contribution in [2.24, 2.45) is 0 Å². The summed E-state index contributed by atoms with van der Waals surface area (Å²) in [5, 5.41) is 3.27. The van der Waals surface area contributed by atoms with Gasteiger partial charge in [0.1, 0.15) is 6.61 Å². The molecule has 1 N–H and O–H groups in total. The Labute approximate surface area is 85.6 Å². The minimum atomic E-state index is 0.520. The van der Waals surface area contributed by atoms with Crippen molar-refractivity contribution in [2.45, 2.75) is 12.5 Å². The molecule has 1 aromatic rings. The summed E-state index contributed by atoms with van der Waals surface area (Å²) in [7, 11) is 0. The van der Waals surface area contributed by atoms with E-state index in [0.717, 1.165) is 23.4 Å². The molecule has 0 amide bonds. The lowest BCUT2D eigenvalue weighted by Gasteiger charge is -2.27. The highest BCUT2D eigenvalue weighted by Crippen LogP contribution is 2.22. The van der Waals surface area contributed by atoms with Gasteiger partial charge in [-0.05, 0) is 35.0 Å². The summed E-state index contributed by atoms with van der Waals surface area (Å²) in [6.45, 7) is 1.84. The smallest absolute Gasteiger partial charge is 0.151 e. The molecule has 2 heterocycles. The first-order valence-corrected chi connectivity index (χ1v) is 5.11. The number of nitrogens with one attached hydrogen (secondary N) is 1. The summed E-state index contributed by atoms with van der Waals surface area (Å²) in [5.74, 6) is 0.816. The monoisotopic (exact) mass is 242 g/mol. The first-order chi connectivity index (χ1) is 6.36. The zero-order valence-corrected chi connectivity index (χ0v) is 8.75. The van der Waals surface area contributed by atoms with Crippen LogP contribution in [0.1, 0.15) is 6.42 Å². The fourth-order valence-electron chi connectivity index (χ4n) is 1.15. The topological polar surface area (TPSA) is 34.1 Å². The number of rotatable bonds is 3. The van der Waals surface area contributed by atoms with Crippen LogP contribution < -0.4 is 10.1 Å². The molecule has 13 heavy (non-hydrogen) atoms. The van der Waals surface area contributed by atoms with Crippen molar-refractivity contribution in [1.29, 1.82) is 0 Å². The summed E-state index contributed by atoms with van der Waals surface area (Å²) in [6.07, 6.45) is 4.67. The second-order valence-electron chi connectivity index (χ2n) is 3.06. The second kappa shape index (κ2) is 4.07. The van der Waals surface area contributed by atoms with Gasteiger partial charge in [0, 0.05) is 12.2 Å². The van der Waals surface area contributed by atoms with Crippen molar-refractivity contribution in [1.82, 2.24) is 10.3 Å². The fourth-order valence-corrected chi connectivity index (χ4v) is 1.49. The first-order valence-electron chi connectivity index (χ1n) is 4.32. The quantitative estimate of drug-likeness (QED) is 0.875. The zero-order valence-electron chi connectivity index (χ0n) is 7.16. The normalized spacial score (nSPS) is 20.8. The predicted molar refractivity (Wildman–Crippen MR) is 53.8 cm³/mol. The summed E-state index contributed by atoms with van der Waals surface area (Å²) < 4.78 is 6.53. The third kappa shape index (κ3) is 2.19. The minimum Gasteiger partial charge on any atom is -0.489 e. The maximum absolute atomic E-state index is 5.57. The van der Waals surface area contributed by atoms with Crippen molar-refractivity contribution in [3.63, 3.8) is 0 Å². The lowest BCUT2D eigenvalue weighted by molar-refractivity contribution is 0.216. The Balaban J connectivity index is 1.89. The zero-order chi connectivity index (χ0) is 9.10. The highest BCUT2D eigenvalue weighted by Gasteiger charge is 2.16. The summed E-state index contributed by atoms with van der Waals surface area (Å²) in [4.78, 5) is 3.99. The van der Waals surface area contributed by atoms with Crippen LogP contribution in [0.25, 0.3) is 0 Å². The van der Waals surface area contributed by atoms with Gasteiger partial charge in [0.05, 0.1) is 10.7 Å². The molecule has 0 aromatic carbocycles. The van der Waals surface area contributed by atoms with Gasteiger partial charge in [-0.2, -0.15) is 0 Å². The van der Waals surface area contributed by atoms with Crippen LogP contribution in [0.3, 0.4) is 0 Å². The van der Waals surface area contributed by atoms with Gasteiger partial charge in [0.15, 0.2) is 5.75 Å². The van der Waals surface area contributed by atoms with Crippen LogP contribution in [0.5, 0.6) is 5.75 Å². The molecule has 0 spiro atoms. The van der Waals surface area contributed by atoms with Crippen molar-refractivity contribution >= 4 is 15.9 Å². The molecule has 0 saturated carbocycles. The average molecular weight is 243 g/mol. The summed E-state index contributed by atoms with van der Waals surface area (Å²) in [5.41, 5.74) is 0. The Kier molecular flexibility index (Phi) is 2.80. The molecule has 1 aromatic heterocycles. The number of hydrogen-bond donors (Lipinski definition) is 1. The number of ether oxygens (including phenoxy) is 1. The molecular weight excluding hydrogens is 232 g/mol. The van der Waals surface area contributed by atoms with Gasteiger partial charge in [-0.1, -0.05) is 0 Å². The number of aromatic nitrogens is 1. The number of pyridine rings is 1. The van der Waals surface area contributed by atoms with E-state index in [4.69, 9.17) is 4.74 Å². The fraction of sp³-hybridized carbons (Fsp3) is 0.444. The van der Waals surface area contributed by atoms with Gasteiger partial charge in [-0.15, -0.1) is 0 Å². The second-order valence-corrected chi connectivity index (χ2v) is 3.91. The van der Waals surface area contributed by atoms with Gasteiger partial charge >= 0.3 is 0 Å². The van der Waals surface area contributed by atoms with E-state index < -0.39 is 0 Å². The molecule has 0 unspecified atom stereocenters. The minimum absolute atomic E-state index is 0.520. The number of hydrogen-bond acceptors (Lipinski definition) is 3.